The van der Waals surface area contributed by atoms with Crippen molar-refractivity contribution in [2.75, 3.05) is 7.11 Å². The fraction of sp³-hybridized carbons (Fsp3) is 0.250. The molecule has 2 aromatic rings. The van der Waals surface area contributed by atoms with Crippen molar-refractivity contribution in [3.05, 3.63) is 65.2 Å². The van der Waals surface area contributed by atoms with E-state index in [1.807, 2.05) is 18.2 Å². The maximum Gasteiger partial charge on any atom is 0.123 e. The third-order valence-electron chi connectivity index (χ3n) is 3.08. The fourth-order valence-electron chi connectivity index (χ4n) is 1.99. The van der Waals surface area contributed by atoms with E-state index in [0.29, 0.717) is 0 Å². The van der Waals surface area contributed by atoms with Gasteiger partial charge in [0.05, 0.1) is 7.11 Å². The standard InChI is InChI=1S/C16H19NO.ClH/c1-13-7-3-4-8-14(13)11-17-12-15-9-5-6-10-16(15)18-2;/h3-10,17H,11-12H2,1-2H3;1H/p-1. The van der Waals surface area contributed by atoms with E-state index in [-0.39, 0.29) is 12.4 Å². The third-order valence-corrected chi connectivity index (χ3v) is 3.08. The van der Waals surface area contributed by atoms with Gasteiger partial charge in [0.25, 0.3) is 0 Å². The Morgan fingerprint density at radius 1 is 0.895 bits per heavy atom. The van der Waals surface area contributed by atoms with Gasteiger partial charge in [-0.05, 0) is 24.1 Å². The minimum Gasteiger partial charge on any atom is -1.00 e. The average Bonchev–Trinajstić information content (AvgIpc) is 2.41. The van der Waals surface area contributed by atoms with Crippen LogP contribution in [0.3, 0.4) is 0 Å². The van der Waals surface area contributed by atoms with E-state index in [0.717, 1.165) is 18.8 Å². The molecule has 0 aliphatic carbocycles. The molecule has 3 heteroatoms. The highest BCUT2D eigenvalue weighted by atomic mass is 35.5. The lowest BCUT2D eigenvalue weighted by Crippen LogP contribution is -3.00. The number of hydrogen-bond donors (Lipinski definition) is 1. The summed E-state index contributed by atoms with van der Waals surface area (Å²) in [4.78, 5) is 0. The number of benzene rings is 2. The lowest BCUT2D eigenvalue weighted by Gasteiger charge is -2.10. The maximum atomic E-state index is 5.33. The zero-order chi connectivity index (χ0) is 12.8. The van der Waals surface area contributed by atoms with Crippen LogP contribution in [-0.2, 0) is 13.1 Å². The van der Waals surface area contributed by atoms with Gasteiger partial charge in [-0.15, -0.1) is 0 Å². The molecular weight excluding hydrogens is 258 g/mol. The molecule has 19 heavy (non-hydrogen) atoms. The Morgan fingerprint density at radius 2 is 1.47 bits per heavy atom. The number of halogens is 1. The van der Waals surface area contributed by atoms with Crippen LogP contribution in [0.25, 0.3) is 0 Å². The monoisotopic (exact) mass is 276 g/mol. The van der Waals surface area contributed by atoms with Crippen LogP contribution in [0.5, 0.6) is 5.75 Å². The van der Waals surface area contributed by atoms with Crippen molar-refractivity contribution in [2.45, 2.75) is 20.0 Å². The van der Waals surface area contributed by atoms with Crippen LogP contribution in [0.2, 0.25) is 0 Å². The average molecular weight is 277 g/mol. The van der Waals surface area contributed by atoms with Crippen molar-refractivity contribution in [1.29, 1.82) is 0 Å². The summed E-state index contributed by atoms with van der Waals surface area (Å²) in [6, 6.07) is 16.5. The summed E-state index contributed by atoms with van der Waals surface area (Å²) in [6.45, 7) is 3.84. The number of nitrogens with one attached hydrogen (secondary N) is 1. The Labute approximate surface area is 121 Å². The first-order chi connectivity index (χ1) is 8.81. The molecule has 0 aliphatic rings. The Bertz CT molecular complexity index is 514. The molecule has 0 amide bonds. The summed E-state index contributed by atoms with van der Waals surface area (Å²) in [6.07, 6.45) is 0. The Hall–Kier alpha value is -1.51. The lowest BCUT2D eigenvalue weighted by molar-refractivity contribution is -0.00000404. The number of rotatable bonds is 5. The van der Waals surface area contributed by atoms with Gasteiger partial charge in [-0.1, -0.05) is 42.5 Å². The SMILES string of the molecule is COc1ccccc1CNCc1ccccc1C.[Cl-]. The number of para-hydroxylation sites is 1. The minimum atomic E-state index is 0. The first-order valence-electron chi connectivity index (χ1n) is 6.18. The van der Waals surface area contributed by atoms with Gasteiger partial charge in [0.2, 0.25) is 0 Å². The van der Waals surface area contributed by atoms with Crippen molar-refractivity contribution >= 4 is 0 Å². The predicted octanol–water partition coefficient (Wildman–Crippen LogP) is 0.297. The number of ether oxygens (including phenoxy) is 1. The summed E-state index contributed by atoms with van der Waals surface area (Å²) >= 11 is 0. The Balaban J connectivity index is 0.00000180. The highest BCUT2D eigenvalue weighted by Crippen LogP contribution is 2.17. The highest BCUT2D eigenvalue weighted by molar-refractivity contribution is 5.33. The molecule has 2 nitrogen and oxygen atoms in total. The van der Waals surface area contributed by atoms with E-state index in [9.17, 15) is 0 Å². The van der Waals surface area contributed by atoms with E-state index in [1.54, 1.807) is 7.11 Å². The summed E-state index contributed by atoms with van der Waals surface area (Å²) in [5.74, 6) is 0.940. The summed E-state index contributed by atoms with van der Waals surface area (Å²) in [5.41, 5.74) is 3.85. The molecule has 0 heterocycles. The minimum absolute atomic E-state index is 0. The van der Waals surface area contributed by atoms with Crippen LogP contribution in [-0.4, -0.2) is 7.11 Å². The van der Waals surface area contributed by atoms with Crippen molar-refractivity contribution in [3.63, 3.8) is 0 Å². The molecule has 1 N–H and O–H groups in total. The molecule has 0 aromatic heterocycles. The largest absolute Gasteiger partial charge is 1.00 e. The van der Waals surface area contributed by atoms with Gasteiger partial charge in [-0.25, -0.2) is 0 Å². The Morgan fingerprint density at radius 3 is 2.16 bits per heavy atom. The normalized spacial score (nSPS) is 9.79. The molecule has 2 rings (SSSR count). The summed E-state index contributed by atoms with van der Waals surface area (Å²) in [7, 11) is 1.71. The second-order valence-corrected chi connectivity index (χ2v) is 4.34. The molecule has 102 valence electrons. The number of aryl methyl sites for hydroxylation is 1. The van der Waals surface area contributed by atoms with Crippen molar-refractivity contribution in [3.8, 4) is 5.75 Å². The first-order valence-corrected chi connectivity index (χ1v) is 6.18. The molecule has 0 bridgehead atoms. The van der Waals surface area contributed by atoms with Crippen LogP contribution in [0, 0.1) is 6.92 Å². The van der Waals surface area contributed by atoms with E-state index >= 15 is 0 Å². The number of methoxy groups -OCH3 is 1. The molecule has 0 saturated heterocycles. The van der Waals surface area contributed by atoms with Crippen LogP contribution in [0.15, 0.2) is 48.5 Å². The second kappa shape index (κ2) is 7.82. The lowest BCUT2D eigenvalue weighted by atomic mass is 10.1. The zero-order valence-corrected chi connectivity index (χ0v) is 12.1. The van der Waals surface area contributed by atoms with Crippen molar-refractivity contribution < 1.29 is 17.1 Å². The molecule has 0 saturated carbocycles. The van der Waals surface area contributed by atoms with Crippen LogP contribution < -0.4 is 22.5 Å². The van der Waals surface area contributed by atoms with E-state index in [2.05, 4.69) is 42.6 Å². The van der Waals surface area contributed by atoms with Crippen molar-refractivity contribution in [1.82, 2.24) is 5.32 Å². The van der Waals surface area contributed by atoms with E-state index < -0.39 is 0 Å². The van der Waals surface area contributed by atoms with Gasteiger partial charge in [-0.2, -0.15) is 0 Å². The topological polar surface area (TPSA) is 21.3 Å². The molecule has 0 unspecified atom stereocenters. The summed E-state index contributed by atoms with van der Waals surface area (Å²) < 4.78 is 5.33. The Kier molecular flexibility index (Phi) is 6.40. The molecule has 0 spiro atoms. The van der Waals surface area contributed by atoms with Gasteiger partial charge >= 0.3 is 0 Å². The molecule has 0 radical (unpaired) electrons. The van der Waals surface area contributed by atoms with Gasteiger partial charge in [0.15, 0.2) is 0 Å². The van der Waals surface area contributed by atoms with Gasteiger partial charge in [0.1, 0.15) is 5.75 Å². The van der Waals surface area contributed by atoms with Crippen molar-refractivity contribution in [2.24, 2.45) is 0 Å². The molecule has 2 aromatic carbocycles. The van der Waals surface area contributed by atoms with Gasteiger partial charge in [0, 0.05) is 18.7 Å². The highest BCUT2D eigenvalue weighted by Gasteiger charge is 2.01. The quantitative estimate of drug-likeness (QED) is 0.848. The van der Waals surface area contributed by atoms with Crippen LogP contribution in [0.4, 0.5) is 0 Å². The zero-order valence-electron chi connectivity index (χ0n) is 11.3. The molecular formula is C16H19ClNO-. The summed E-state index contributed by atoms with van der Waals surface area (Å²) in [5, 5.41) is 3.45. The number of hydrogen-bond acceptors (Lipinski definition) is 2. The second-order valence-electron chi connectivity index (χ2n) is 4.34. The molecule has 0 fully saturated rings. The van der Waals surface area contributed by atoms with Crippen LogP contribution >= 0.6 is 0 Å². The smallest absolute Gasteiger partial charge is 0.123 e. The van der Waals surface area contributed by atoms with Gasteiger partial charge in [-0.3, -0.25) is 0 Å². The molecule has 0 atom stereocenters. The predicted molar refractivity (Wildman–Crippen MR) is 74.7 cm³/mol. The van der Waals surface area contributed by atoms with E-state index in [4.69, 9.17) is 4.74 Å². The fourth-order valence-corrected chi connectivity index (χ4v) is 1.99. The third kappa shape index (κ3) is 4.27. The van der Waals surface area contributed by atoms with Crippen LogP contribution in [0.1, 0.15) is 16.7 Å². The van der Waals surface area contributed by atoms with Gasteiger partial charge < -0.3 is 22.5 Å². The maximum absolute atomic E-state index is 5.33. The van der Waals surface area contributed by atoms with E-state index in [1.165, 1.54) is 16.7 Å². The first kappa shape index (κ1) is 15.5. The molecule has 0 aliphatic heterocycles.